The summed E-state index contributed by atoms with van der Waals surface area (Å²) < 4.78 is 10.5. The van der Waals surface area contributed by atoms with Gasteiger partial charge >= 0.3 is 0 Å². The van der Waals surface area contributed by atoms with Gasteiger partial charge in [0.15, 0.2) is 6.10 Å². The molecule has 0 spiro atoms. The summed E-state index contributed by atoms with van der Waals surface area (Å²) in [5.41, 5.74) is 2.03. The molecular formula is C16H14O2. The number of benzene rings is 2. The molecule has 0 bridgehead atoms. The number of terminal acetylenes is 1. The Labute approximate surface area is 107 Å². The highest BCUT2D eigenvalue weighted by atomic mass is 16.5. The minimum absolute atomic E-state index is 0.248. The van der Waals surface area contributed by atoms with Gasteiger partial charge in [-0.25, -0.2) is 0 Å². The standard InChI is InChI=1S/C16H14O2/c1-3-18-16(13-7-5-4-6-8-13)14-9-11-15(17-2)12-10-14/h1,4-12,16H,2H3/t16-/m1/s1. The highest BCUT2D eigenvalue weighted by molar-refractivity contribution is 5.34. The van der Waals surface area contributed by atoms with Gasteiger partial charge in [0.05, 0.1) is 7.11 Å². The zero-order valence-corrected chi connectivity index (χ0v) is 10.2. The molecule has 0 aliphatic carbocycles. The van der Waals surface area contributed by atoms with Crippen molar-refractivity contribution in [2.75, 3.05) is 7.11 Å². The van der Waals surface area contributed by atoms with Gasteiger partial charge in [-0.2, -0.15) is 0 Å². The molecule has 0 aliphatic rings. The number of rotatable bonds is 4. The van der Waals surface area contributed by atoms with Gasteiger partial charge < -0.3 is 9.47 Å². The van der Waals surface area contributed by atoms with E-state index in [1.54, 1.807) is 7.11 Å². The lowest BCUT2D eigenvalue weighted by Crippen LogP contribution is -2.02. The molecular weight excluding hydrogens is 224 g/mol. The zero-order chi connectivity index (χ0) is 12.8. The molecule has 0 saturated heterocycles. The molecule has 0 saturated carbocycles. The summed E-state index contributed by atoms with van der Waals surface area (Å²) in [6.45, 7) is 0. The Kier molecular flexibility index (Phi) is 3.88. The second-order valence-electron chi connectivity index (χ2n) is 3.80. The van der Waals surface area contributed by atoms with E-state index in [1.807, 2.05) is 54.6 Å². The van der Waals surface area contributed by atoms with E-state index in [-0.39, 0.29) is 6.10 Å². The largest absolute Gasteiger partial charge is 0.497 e. The van der Waals surface area contributed by atoms with Gasteiger partial charge in [0.2, 0.25) is 0 Å². The second-order valence-corrected chi connectivity index (χ2v) is 3.80. The molecule has 90 valence electrons. The van der Waals surface area contributed by atoms with Crippen LogP contribution in [-0.2, 0) is 4.74 Å². The maximum atomic E-state index is 5.37. The van der Waals surface area contributed by atoms with Gasteiger partial charge in [0, 0.05) is 0 Å². The third-order valence-corrected chi connectivity index (χ3v) is 2.71. The first-order valence-electron chi connectivity index (χ1n) is 5.65. The van der Waals surface area contributed by atoms with E-state index in [9.17, 15) is 0 Å². The van der Waals surface area contributed by atoms with Crippen molar-refractivity contribution in [3.05, 3.63) is 65.7 Å². The van der Waals surface area contributed by atoms with Crippen LogP contribution in [0.4, 0.5) is 0 Å². The van der Waals surface area contributed by atoms with Crippen LogP contribution in [0.1, 0.15) is 17.2 Å². The Morgan fingerprint density at radius 1 is 0.944 bits per heavy atom. The van der Waals surface area contributed by atoms with Gasteiger partial charge in [0.25, 0.3) is 0 Å². The lowest BCUT2D eigenvalue weighted by molar-refractivity contribution is 0.208. The van der Waals surface area contributed by atoms with Crippen molar-refractivity contribution in [2.45, 2.75) is 6.10 Å². The van der Waals surface area contributed by atoms with Crippen molar-refractivity contribution in [2.24, 2.45) is 0 Å². The number of ether oxygens (including phenoxy) is 2. The second kappa shape index (κ2) is 5.79. The van der Waals surface area contributed by atoms with E-state index in [2.05, 4.69) is 6.11 Å². The Morgan fingerprint density at radius 2 is 1.56 bits per heavy atom. The molecule has 2 nitrogen and oxygen atoms in total. The van der Waals surface area contributed by atoms with E-state index in [1.165, 1.54) is 0 Å². The Morgan fingerprint density at radius 3 is 2.11 bits per heavy atom. The Bertz CT molecular complexity index is 523. The van der Waals surface area contributed by atoms with E-state index < -0.39 is 0 Å². The Balaban J connectivity index is 2.33. The van der Waals surface area contributed by atoms with Gasteiger partial charge in [-0.05, 0) is 23.3 Å². The van der Waals surface area contributed by atoms with Gasteiger partial charge in [-0.15, -0.1) is 0 Å². The van der Waals surface area contributed by atoms with Gasteiger partial charge in [-0.1, -0.05) is 48.9 Å². The summed E-state index contributed by atoms with van der Waals surface area (Å²) in [4.78, 5) is 0. The third kappa shape index (κ3) is 2.64. The SMILES string of the molecule is C#CO[C@H](c1ccccc1)c1ccc(OC)cc1. The van der Waals surface area contributed by atoms with Crippen LogP contribution in [0.25, 0.3) is 0 Å². The van der Waals surface area contributed by atoms with Crippen molar-refractivity contribution in [3.63, 3.8) is 0 Å². The molecule has 18 heavy (non-hydrogen) atoms. The summed E-state index contributed by atoms with van der Waals surface area (Å²) in [5.74, 6) is 0.811. The van der Waals surface area contributed by atoms with E-state index in [4.69, 9.17) is 15.9 Å². The molecule has 2 heteroatoms. The van der Waals surface area contributed by atoms with Crippen molar-refractivity contribution >= 4 is 0 Å². The number of hydrogen-bond acceptors (Lipinski definition) is 2. The summed E-state index contributed by atoms with van der Waals surface area (Å²) in [6, 6.07) is 17.6. The summed E-state index contributed by atoms with van der Waals surface area (Å²) in [7, 11) is 1.64. The molecule has 2 aromatic carbocycles. The molecule has 0 radical (unpaired) electrons. The Hall–Kier alpha value is -2.40. The van der Waals surface area contributed by atoms with Crippen LogP contribution in [0.3, 0.4) is 0 Å². The highest BCUT2D eigenvalue weighted by Crippen LogP contribution is 2.26. The first kappa shape index (κ1) is 12.1. The van der Waals surface area contributed by atoms with Crippen LogP contribution in [-0.4, -0.2) is 7.11 Å². The normalized spacial score (nSPS) is 11.3. The molecule has 2 aromatic rings. The average Bonchev–Trinajstić information content (AvgIpc) is 2.46. The molecule has 0 aliphatic heterocycles. The lowest BCUT2D eigenvalue weighted by atomic mass is 10.0. The fraction of sp³-hybridized carbons (Fsp3) is 0.125. The molecule has 0 aromatic heterocycles. The first-order valence-corrected chi connectivity index (χ1v) is 5.65. The molecule has 1 atom stereocenters. The average molecular weight is 238 g/mol. The van der Waals surface area contributed by atoms with Crippen molar-refractivity contribution in [1.82, 2.24) is 0 Å². The molecule has 0 unspecified atom stereocenters. The van der Waals surface area contributed by atoms with Crippen LogP contribution in [0.15, 0.2) is 54.6 Å². The quantitative estimate of drug-likeness (QED) is 0.760. The van der Waals surface area contributed by atoms with Crippen LogP contribution in [0.2, 0.25) is 0 Å². The molecule has 0 N–H and O–H groups in total. The number of methoxy groups -OCH3 is 1. The van der Waals surface area contributed by atoms with Crippen LogP contribution >= 0.6 is 0 Å². The van der Waals surface area contributed by atoms with E-state index in [0.29, 0.717) is 0 Å². The number of hydrogen-bond donors (Lipinski definition) is 0. The molecule has 0 amide bonds. The van der Waals surface area contributed by atoms with E-state index >= 15 is 0 Å². The fourth-order valence-corrected chi connectivity index (χ4v) is 1.80. The third-order valence-electron chi connectivity index (χ3n) is 2.71. The maximum absolute atomic E-state index is 5.37. The van der Waals surface area contributed by atoms with Gasteiger partial charge in [0.1, 0.15) is 11.9 Å². The van der Waals surface area contributed by atoms with Crippen molar-refractivity contribution in [3.8, 4) is 18.3 Å². The smallest absolute Gasteiger partial charge is 0.161 e. The van der Waals surface area contributed by atoms with Crippen LogP contribution < -0.4 is 4.74 Å². The monoisotopic (exact) mass is 238 g/mol. The predicted molar refractivity (Wildman–Crippen MR) is 71.2 cm³/mol. The fourth-order valence-electron chi connectivity index (χ4n) is 1.80. The summed E-state index contributed by atoms with van der Waals surface area (Å²) in [5, 5.41) is 0. The predicted octanol–water partition coefficient (Wildman–Crippen LogP) is 3.39. The van der Waals surface area contributed by atoms with Crippen LogP contribution in [0.5, 0.6) is 5.75 Å². The lowest BCUT2D eigenvalue weighted by Gasteiger charge is -2.15. The minimum Gasteiger partial charge on any atom is -0.497 e. The maximum Gasteiger partial charge on any atom is 0.161 e. The zero-order valence-electron chi connectivity index (χ0n) is 10.2. The molecule has 2 rings (SSSR count). The van der Waals surface area contributed by atoms with E-state index in [0.717, 1.165) is 16.9 Å². The van der Waals surface area contributed by atoms with Crippen molar-refractivity contribution < 1.29 is 9.47 Å². The van der Waals surface area contributed by atoms with Gasteiger partial charge in [-0.3, -0.25) is 0 Å². The minimum atomic E-state index is -0.248. The highest BCUT2D eigenvalue weighted by Gasteiger charge is 2.14. The summed E-state index contributed by atoms with van der Waals surface area (Å²) >= 11 is 0. The first-order chi connectivity index (χ1) is 8.85. The van der Waals surface area contributed by atoms with Crippen LogP contribution in [0, 0.1) is 12.5 Å². The molecule has 0 fully saturated rings. The molecule has 0 heterocycles. The summed E-state index contributed by atoms with van der Waals surface area (Å²) in [6.07, 6.45) is 7.28. The topological polar surface area (TPSA) is 18.5 Å². The van der Waals surface area contributed by atoms with Crippen molar-refractivity contribution in [1.29, 1.82) is 0 Å².